The van der Waals surface area contributed by atoms with Crippen LogP contribution in [0.3, 0.4) is 0 Å². The molecule has 0 atom stereocenters. The summed E-state index contributed by atoms with van der Waals surface area (Å²) in [7, 11) is 0. The number of para-hydroxylation sites is 2. The van der Waals surface area contributed by atoms with Gasteiger partial charge in [0.15, 0.2) is 11.5 Å². The quantitative estimate of drug-likeness (QED) is 0.679. The van der Waals surface area contributed by atoms with Crippen LogP contribution < -0.4 is 20.5 Å². The summed E-state index contributed by atoms with van der Waals surface area (Å²) in [5.41, 5.74) is 3.77. The van der Waals surface area contributed by atoms with E-state index in [0.717, 1.165) is 34.5 Å². The van der Waals surface area contributed by atoms with Gasteiger partial charge in [-0.25, -0.2) is 9.59 Å². The van der Waals surface area contributed by atoms with E-state index in [9.17, 15) is 9.59 Å². The number of imidazole rings is 1. The molecule has 3 aromatic rings. The Bertz CT molecular complexity index is 1210. The number of H-pyrrole nitrogens is 1. The zero-order chi connectivity index (χ0) is 21.2. The fourth-order valence-electron chi connectivity index (χ4n) is 4.07. The third-order valence-electron chi connectivity index (χ3n) is 5.70. The van der Waals surface area contributed by atoms with Gasteiger partial charge in [0, 0.05) is 26.2 Å². The highest BCUT2D eigenvalue weighted by Crippen LogP contribution is 2.34. The first-order valence-electron chi connectivity index (χ1n) is 10.5. The van der Waals surface area contributed by atoms with E-state index in [2.05, 4.69) is 16.4 Å². The Morgan fingerprint density at radius 2 is 1.94 bits per heavy atom. The minimum atomic E-state index is -0.166. The molecule has 2 amide bonds. The Balaban J connectivity index is 1.18. The van der Waals surface area contributed by atoms with Gasteiger partial charge in [-0.15, -0.1) is 0 Å². The van der Waals surface area contributed by atoms with Crippen molar-refractivity contribution in [2.75, 3.05) is 32.8 Å². The van der Waals surface area contributed by atoms with Crippen molar-refractivity contribution in [1.29, 1.82) is 0 Å². The molecular weight excluding hydrogens is 396 g/mol. The summed E-state index contributed by atoms with van der Waals surface area (Å²) in [4.78, 5) is 29.3. The van der Waals surface area contributed by atoms with Crippen molar-refractivity contribution < 1.29 is 14.3 Å². The zero-order valence-corrected chi connectivity index (χ0v) is 17.1. The van der Waals surface area contributed by atoms with Gasteiger partial charge in [-0.3, -0.25) is 4.57 Å². The number of hydrogen-bond acceptors (Lipinski definition) is 4. The van der Waals surface area contributed by atoms with Crippen LogP contribution in [0.4, 0.5) is 4.79 Å². The second kappa shape index (κ2) is 8.22. The molecule has 0 saturated heterocycles. The normalized spacial score (nSPS) is 15.6. The van der Waals surface area contributed by atoms with Crippen molar-refractivity contribution >= 4 is 22.6 Å². The van der Waals surface area contributed by atoms with Gasteiger partial charge in [-0.1, -0.05) is 24.3 Å². The van der Waals surface area contributed by atoms with Crippen LogP contribution in [0.15, 0.2) is 53.3 Å². The standard InChI is InChI=1S/C23H24N4O4/c28-22(24-9-12-27-19-4-2-1-3-18(19)25-23(27)29)26-10-7-16(8-11-26)17-5-6-20-21(15-17)31-14-13-30-20/h1-7,15H,8-14H2,(H,24,28)(H,25,29). The van der Waals surface area contributed by atoms with Crippen molar-refractivity contribution in [3.05, 3.63) is 64.6 Å². The average molecular weight is 420 g/mol. The van der Waals surface area contributed by atoms with E-state index in [4.69, 9.17) is 9.47 Å². The van der Waals surface area contributed by atoms with E-state index >= 15 is 0 Å². The molecule has 0 saturated carbocycles. The zero-order valence-electron chi connectivity index (χ0n) is 17.1. The van der Waals surface area contributed by atoms with Crippen molar-refractivity contribution in [1.82, 2.24) is 19.8 Å². The van der Waals surface area contributed by atoms with E-state index in [1.54, 1.807) is 9.47 Å². The van der Waals surface area contributed by atoms with Crippen LogP contribution in [0, 0.1) is 0 Å². The summed E-state index contributed by atoms with van der Waals surface area (Å²) in [5, 5.41) is 2.93. The number of carbonyl (C=O) groups is 1. The lowest BCUT2D eigenvalue weighted by atomic mass is 9.99. The highest BCUT2D eigenvalue weighted by atomic mass is 16.6. The Kier molecular flexibility index (Phi) is 5.11. The summed E-state index contributed by atoms with van der Waals surface area (Å²) in [5.74, 6) is 1.55. The van der Waals surface area contributed by atoms with Crippen molar-refractivity contribution in [3.63, 3.8) is 0 Å². The van der Waals surface area contributed by atoms with Gasteiger partial charge in [0.25, 0.3) is 0 Å². The minimum Gasteiger partial charge on any atom is -0.486 e. The minimum absolute atomic E-state index is 0.120. The van der Waals surface area contributed by atoms with Gasteiger partial charge in [0.05, 0.1) is 11.0 Å². The predicted molar refractivity (Wildman–Crippen MR) is 118 cm³/mol. The number of aromatic nitrogens is 2. The number of benzene rings is 2. The Labute approximate surface area is 179 Å². The number of nitrogens with zero attached hydrogens (tertiary/aromatic N) is 2. The second-order valence-corrected chi connectivity index (χ2v) is 7.61. The number of nitrogens with one attached hydrogen (secondary N) is 2. The Morgan fingerprint density at radius 3 is 2.77 bits per heavy atom. The van der Waals surface area contributed by atoms with E-state index in [0.29, 0.717) is 39.4 Å². The highest BCUT2D eigenvalue weighted by molar-refractivity contribution is 5.77. The SMILES string of the molecule is O=C(NCCn1c(=O)[nH]c2ccccc21)N1CC=C(c2ccc3c(c2)OCCO3)CC1. The van der Waals surface area contributed by atoms with E-state index in [1.807, 2.05) is 42.5 Å². The third-order valence-corrected chi connectivity index (χ3v) is 5.70. The first-order chi connectivity index (χ1) is 15.2. The van der Waals surface area contributed by atoms with Gasteiger partial charge in [0.2, 0.25) is 0 Å². The molecule has 0 spiro atoms. The van der Waals surface area contributed by atoms with Gasteiger partial charge in [-0.2, -0.15) is 0 Å². The summed E-state index contributed by atoms with van der Waals surface area (Å²) in [6.45, 7) is 3.13. The molecule has 8 nitrogen and oxygen atoms in total. The highest BCUT2D eigenvalue weighted by Gasteiger charge is 2.19. The fourth-order valence-corrected chi connectivity index (χ4v) is 4.07. The molecule has 0 fully saturated rings. The molecule has 0 bridgehead atoms. The molecule has 0 radical (unpaired) electrons. The molecule has 2 aliphatic heterocycles. The number of amides is 2. The second-order valence-electron chi connectivity index (χ2n) is 7.61. The molecule has 2 N–H and O–H groups in total. The molecule has 160 valence electrons. The number of carbonyl (C=O) groups excluding carboxylic acids is 1. The lowest BCUT2D eigenvalue weighted by molar-refractivity contribution is 0.171. The van der Waals surface area contributed by atoms with Crippen LogP contribution in [0.5, 0.6) is 11.5 Å². The predicted octanol–water partition coefficient (Wildman–Crippen LogP) is 2.60. The third kappa shape index (κ3) is 3.88. The number of ether oxygens (including phenoxy) is 2. The van der Waals surface area contributed by atoms with Crippen LogP contribution in [0.25, 0.3) is 16.6 Å². The molecule has 31 heavy (non-hydrogen) atoms. The number of hydrogen-bond donors (Lipinski definition) is 2. The monoisotopic (exact) mass is 420 g/mol. The molecule has 2 aliphatic rings. The maximum atomic E-state index is 12.6. The lowest BCUT2D eigenvalue weighted by Crippen LogP contribution is -2.43. The maximum absolute atomic E-state index is 12.6. The van der Waals surface area contributed by atoms with Gasteiger partial charge < -0.3 is 24.7 Å². The molecule has 8 heteroatoms. The van der Waals surface area contributed by atoms with Crippen LogP contribution in [-0.4, -0.2) is 53.3 Å². The lowest BCUT2D eigenvalue weighted by Gasteiger charge is -2.27. The first-order valence-corrected chi connectivity index (χ1v) is 10.5. The van der Waals surface area contributed by atoms with Crippen molar-refractivity contribution in [2.24, 2.45) is 0 Å². The average Bonchev–Trinajstić information content (AvgIpc) is 3.14. The number of rotatable bonds is 4. The molecule has 3 heterocycles. The maximum Gasteiger partial charge on any atom is 0.326 e. The Hall–Kier alpha value is -3.68. The summed E-state index contributed by atoms with van der Waals surface area (Å²) >= 11 is 0. The van der Waals surface area contributed by atoms with Crippen molar-refractivity contribution in [3.8, 4) is 11.5 Å². The molecule has 0 aliphatic carbocycles. The molecule has 2 aromatic carbocycles. The van der Waals surface area contributed by atoms with Gasteiger partial charge >= 0.3 is 11.7 Å². The van der Waals surface area contributed by atoms with E-state index in [1.165, 1.54) is 5.57 Å². The smallest absolute Gasteiger partial charge is 0.326 e. The van der Waals surface area contributed by atoms with Gasteiger partial charge in [0.1, 0.15) is 13.2 Å². The largest absolute Gasteiger partial charge is 0.486 e. The Morgan fingerprint density at radius 1 is 1.10 bits per heavy atom. The summed E-state index contributed by atoms with van der Waals surface area (Å²) in [6.07, 6.45) is 2.85. The molecule has 0 unspecified atom stereocenters. The summed E-state index contributed by atoms with van der Waals surface area (Å²) in [6, 6.07) is 13.4. The first kappa shape index (κ1) is 19.3. The van der Waals surface area contributed by atoms with E-state index < -0.39 is 0 Å². The summed E-state index contributed by atoms with van der Waals surface area (Å²) < 4.78 is 12.9. The number of fused-ring (bicyclic) bond motifs is 2. The molecule has 5 rings (SSSR count). The molecule has 1 aromatic heterocycles. The van der Waals surface area contributed by atoms with Crippen LogP contribution >= 0.6 is 0 Å². The van der Waals surface area contributed by atoms with Crippen LogP contribution in [0.1, 0.15) is 12.0 Å². The number of urea groups is 1. The molecular formula is C23H24N4O4. The number of aromatic amines is 1. The van der Waals surface area contributed by atoms with Gasteiger partial charge in [-0.05, 0) is 41.8 Å². The van der Waals surface area contributed by atoms with Crippen molar-refractivity contribution in [2.45, 2.75) is 13.0 Å². The van der Waals surface area contributed by atoms with E-state index in [-0.39, 0.29) is 11.7 Å². The van der Waals surface area contributed by atoms with Crippen LogP contribution in [0.2, 0.25) is 0 Å². The topological polar surface area (TPSA) is 88.6 Å². The van der Waals surface area contributed by atoms with Crippen LogP contribution in [-0.2, 0) is 6.54 Å². The fraction of sp³-hybridized carbons (Fsp3) is 0.304.